The Hall–Kier alpha value is -2.08. The number of hydrogen-bond acceptors (Lipinski definition) is 4. The van der Waals surface area contributed by atoms with Gasteiger partial charge in [0.2, 0.25) is 0 Å². The zero-order valence-corrected chi connectivity index (χ0v) is 12.9. The fraction of sp³-hybridized carbons (Fsp3) is 0.500. The van der Waals surface area contributed by atoms with Crippen LogP contribution in [0.5, 0.6) is 0 Å². The van der Waals surface area contributed by atoms with E-state index in [9.17, 15) is 14.7 Å². The highest BCUT2D eigenvalue weighted by atomic mass is 16.4. The first-order valence-electron chi connectivity index (χ1n) is 7.72. The molecule has 1 aliphatic rings. The molecule has 22 heavy (non-hydrogen) atoms. The van der Waals surface area contributed by atoms with E-state index in [1.54, 1.807) is 6.07 Å². The third-order valence-corrected chi connectivity index (χ3v) is 4.25. The molecule has 0 radical (unpaired) electrons. The molecule has 0 unspecified atom stereocenters. The van der Waals surface area contributed by atoms with Crippen molar-refractivity contribution in [1.29, 1.82) is 0 Å². The number of amides is 1. The number of hydrogen-bond donors (Lipinski definition) is 3. The van der Waals surface area contributed by atoms with Crippen molar-refractivity contribution < 1.29 is 19.6 Å². The lowest BCUT2D eigenvalue weighted by Gasteiger charge is -2.29. The van der Waals surface area contributed by atoms with Crippen LogP contribution in [0.15, 0.2) is 18.2 Å². The number of quaternary nitrogens is 1. The Morgan fingerprint density at radius 1 is 1.36 bits per heavy atom. The third-order valence-electron chi connectivity index (χ3n) is 4.25. The molecule has 0 bridgehead atoms. The van der Waals surface area contributed by atoms with Crippen molar-refractivity contribution in [3.05, 3.63) is 23.8 Å². The molecular weight excluding hydrogens is 282 g/mol. The topological polar surface area (TPSA) is 99.7 Å². The summed E-state index contributed by atoms with van der Waals surface area (Å²) in [6, 6.07) is 5.54. The van der Waals surface area contributed by atoms with Gasteiger partial charge in [-0.2, -0.15) is 0 Å². The Morgan fingerprint density at radius 3 is 2.59 bits per heavy atom. The van der Waals surface area contributed by atoms with Gasteiger partial charge in [0, 0.05) is 36.1 Å². The molecule has 0 aliphatic carbocycles. The van der Waals surface area contributed by atoms with Crippen LogP contribution in [0.1, 0.15) is 25.3 Å². The molecule has 1 fully saturated rings. The van der Waals surface area contributed by atoms with Crippen LogP contribution < -0.4 is 21.1 Å². The number of anilines is 2. The summed E-state index contributed by atoms with van der Waals surface area (Å²) in [5.41, 5.74) is 8.36. The lowest BCUT2D eigenvalue weighted by Crippen LogP contribution is -3.14. The number of nitrogens with two attached hydrogens (primary N) is 1. The van der Waals surface area contributed by atoms with Crippen LogP contribution in [0.25, 0.3) is 0 Å². The zero-order valence-electron chi connectivity index (χ0n) is 12.9. The molecule has 0 aromatic heterocycles. The third kappa shape index (κ3) is 4.21. The van der Waals surface area contributed by atoms with E-state index in [1.165, 1.54) is 0 Å². The maximum atomic E-state index is 12.1. The number of rotatable bonds is 5. The first kappa shape index (κ1) is 16.3. The molecule has 1 saturated heterocycles. The molecule has 1 aliphatic heterocycles. The van der Waals surface area contributed by atoms with E-state index in [0.29, 0.717) is 43.9 Å². The number of carboxylic acid groups (broad SMARTS) is 1. The second-order valence-corrected chi connectivity index (χ2v) is 5.84. The average Bonchev–Trinajstić information content (AvgIpc) is 2.48. The maximum absolute atomic E-state index is 12.1. The average molecular weight is 305 g/mol. The number of carbonyl (C=O) groups is 2. The summed E-state index contributed by atoms with van der Waals surface area (Å²) in [4.78, 5) is 24.0. The van der Waals surface area contributed by atoms with E-state index in [2.05, 4.69) is 5.32 Å². The first-order chi connectivity index (χ1) is 10.5. The Bertz CT molecular complexity index is 552. The highest BCUT2D eigenvalue weighted by Gasteiger charge is 2.24. The van der Waals surface area contributed by atoms with Crippen LogP contribution in [0, 0.1) is 5.92 Å². The Kier molecular flexibility index (Phi) is 5.38. The van der Waals surface area contributed by atoms with Gasteiger partial charge < -0.3 is 25.9 Å². The fourth-order valence-electron chi connectivity index (χ4n) is 2.87. The van der Waals surface area contributed by atoms with Crippen LogP contribution in [0.4, 0.5) is 11.4 Å². The van der Waals surface area contributed by atoms with Crippen molar-refractivity contribution in [3.8, 4) is 0 Å². The summed E-state index contributed by atoms with van der Waals surface area (Å²) in [5.74, 6) is -1.42. The van der Waals surface area contributed by atoms with Gasteiger partial charge in [-0.25, -0.2) is 0 Å². The molecular formula is C16H23N3O3. The van der Waals surface area contributed by atoms with E-state index < -0.39 is 5.97 Å². The Morgan fingerprint density at radius 2 is 2.05 bits per heavy atom. The molecule has 1 aromatic carbocycles. The van der Waals surface area contributed by atoms with Crippen LogP contribution in [-0.2, 0) is 16.0 Å². The van der Waals surface area contributed by atoms with Crippen molar-refractivity contribution >= 4 is 23.3 Å². The number of aliphatic carboxylic acids is 1. The molecule has 6 nitrogen and oxygen atoms in total. The first-order valence-corrected chi connectivity index (χ1v) is 7.72. The monoisotopic (exact) mass is 305 g/mol. The lowest BCUT2D eigenvalue weighted by atomic mass is 9.97. The second-order valence-electron chi connectivity index (χ2n) is 5.84. The number of piperidine rings is 1. The number of benzene rings is 1. The Balaban J connectivity index is 1.83. The van der Waals surface area contributed by atoms with Crippen LogP contribution in [-0.4, -0.2) is 31.5 Å². The minimum atomic E-state index is -0.977. The number of carbonyl (C=O) groups excluding carboxylic acids is 2. The maximum Gasteiger partial charge on any atom is 0.279 e. The number of likely N-dealkylation sites (tertiary alicyclic amines) is 1. The molecule has 0 atom stereocenters. The second kappa shape index (κ2) is 7.26. The molecule has 1 heterocycles. The molecule has 2 rings (SSSR count). The smallest absolute Gasteiger partial charge is 0.279 e. The van der Waals surface area contributed by atoms with Crippen molar-refractivity contribution in [2.24, 2.45) is 5.92 Å². The van der Waals surface area contributed by atoms with E-state index in [1.807, 2.05) is 19.1 Å². The largest absolute Gasteiger partial charge is 0.550 e. The predicted molar refractivity (Wildman–Crippen MR) is 82.2 cm³/mol. The summed E-state index contributed by atoms with van der Waals surface area (Å²) in [5, 5.41) is 13.6. The Labute approximate surface area is 130 Å². The van der Waals surface area contributed by atoms with Gasteiger partial charge in [0.05, 0.1) is 13.1 Å². The predicted octanol–water partition coefficient (Wildman–Crippen LogP) is -1.19. The summed E-state index contributed by atoms with van der Waals surface area (Å²) < 4.78 is 0. The molecule has 4 N–H and O–H groups in total. The molecule has 0 saturated carbocycles. The SMILES string of the molecule is CCc1ccc(NC(=O)C[NH+]2CCC(C(=O)[O-])CC2)cc1N. The van der Waals surface area contributed by atoms with E-state index >= 15 is 0 Å². The molecule has 1 amide bonds. The van der Waals surface area contributed by atoms with Crippen LogP contribution in [0.2, 0.25) is 0 Å². The molecule has 6 heteroatoms. The van der Waals surface area contributed by atoms with Gasteiger partial charge in [-0.15, -0.1) is 0 Å². The van der Waals surface area contributed by atoms with Crippen LogP contribution in [0.3, 0.4) is 0 Å². The highest BCUT2D eigenvalue weighted by Crippen LogP contribution is 2.18. The molecule has 120 valence electrons. The lowest BCUT2D eigenvalue weighted by molar-refractivity contribution is -0.897. The van der Waals surface area contributed by atoms with E-state index in [4.69, 9.17) is 5.73 Å². The van der Waals surface area contributed by atoms with Gasteiger partial charge in [0.25, 0.3) is 5.91 Å². The van der Waals surface area contributed by atoms with Crippen LogP contribution >= 0.6 is 0 Å². The minimum absolute atomic E-state index is 0.0782. The van der Waals surface area contributed by atoms with E-state index in [-0.39, 0.29) is 11.8 Å². The summed E-state index contributed by atoms with van der Waals surface area (Å²) >= 11 is 0. The van der Waals surface area contributed by atoms with Crippen molar-refractivity contribution in [1.82, 2.24) is 0 Å². The van der Waals surface area contributed by atoms with Gasteiger partial charge in [-0.1, -0.05) is 13.0 Å². The van der Waals surface area contributed by atoms with Gasteiger partial charge in [-0.3, -0.25) is 4.79 Å². The molecule has 0 spiro atoms. The number of aryl methyl sites for hydroxylation is 1. The standard InChI is InChI=1S/C16H23N3O3/c1-2-11-3-4-13(9-14(11)17)18-15(20)10-19-7-5-12(6-8-19)16(21)22/h3-4,9,12H,2,5-8,10,17H2,1H3,(H,18,20)(H,21,22). The van der Waals surface area contributed by atoms with E-state index in [0.717, 1.165) is 16.9 Å². The fourth-order valence-corrected chi connectivity index (χ4v) is 2.87. The van der Waals surface area contributed by atoms with Gasteiger partial charge in [0.15, 0.2) is 6.54 Å². The molecule has 1 aromatic rings. The van der Waals surface area contributed by atoms with Crippen molar-refractivity contribution in [3.63, 3.8) is 0 Å². The summed E-state index contributed by atoms with van der Waals surface area (Å²) in [7, 11) is 0. The normalized spacial score (nSPS) is 21.3. The summed E-state index contributed by atoms with van der Waals surface area (Å²) in [6.45, 7) is 3.74. The van der Waals surface area contributed by atoms with Crippen molar-refractivity contribution in [2.45, 2.75) is 26.2 Å². The minimum Gasteiger partial charge on any atom is -0.550 e. The number of nitrogens with one attached hydrogen (secondary N) is 2. The van der Waals surface area contributed by atoms with Gasteiger partial charge in [0.1, 0.15) is 0 Å². The quantitative estimate of drug-likeness (QED) is 0.596. The van der Waals surface area contributed by atoms with Crippen molar-refractivity contribution in [2.75, 3.05) is 30.7 Å². The zero-order chi connectivity index (χ0) is 16.1. The number of carboxylic acids is 1. The van der Waals surface area contributed by atoms with Gasteiger partial charge in [-0.05, 0) is 24.1 Å². The van der Waals surface area contributed by atoms with Gasteiger partial charge >= 0.3 is 0 Å². The summed E-state index contributed by atoms with van der Waals surface area (Å²) in [6.07, 6.45) is 2.00. The highest BCUT2D eigenvalue weighted by molar-refractivity contribution is 5.92. The number of nitrogen functional groups attached to an aromatic ring is 1.